The number of amidine groups is 2. The third-order valence-corrected chi connectivity index (χ3v) is 10.1. The zero-order valence-corrected chi connectivity index (χ0v) is 28.8. The first-order valence-corrected chi connectivity index (χ1v) is 17.9. The van der Waals surface area contributed by atoms with Crippen molar-refractivity contribution >= 4 is 44.4 Å². The van der Waals surface area contributed by atoms with E-state index >= 15 is 0 Å². The van der Waals surface area contributed by atoms with E-state index < -0.39 is 6.17 Å². The fourth-order valence-corrected chi connectivity index (χ4v) is 7.41. The van der Waals surface area contributed by atoms with E-state index in [2.05, 4.69) is 163 Å². The Morgan fingerprint density at radius 1 is 0.377 bits per heavy atom. The van der Waals surface area contributed by atoms with E-state index in [9.17, 15) is 0 Å². The minimum Gasteiger partial charge on any atom is -0.456 e. The van der Waals surface area contributed by atoms with Crippen LogP contribution in [0.4, 0.5) is 0 Å². The first-order chi connectivity index (χ1) is 26.2. The van der Waals surface area contributed by atoms with Crippen molar-refractivity contribution in [1.82, 2.24) is 5.32 Å². The van der Waals surface area contributed by atoms with E-state index in [4.69, 9.17) is 14.4 Å². The number of nitrogens with zero attached hydrogens (tertiary/aromatic N) is 2. The van der Waals surface area contributed by atoms with Gasteiger partial charge < -0.3 is 9.73 Å². The fraction of sp³-hybridized carbons (Fsp3) is 0.0204. The van der Waals surface area contributed by atoms with Gasteiger partial charge in [0, 0.05) is 27.5 Å². The Bertz CT molecular complexity index is 2820. The Balaban J connectivity index is 1.11. The molecule has 1 aliphatic rings. The Labute approximate surface area is 307 Å². The predicted molar refractivity (Wildman–Crippen MR) is 219 cm³/mol. The highest BCUT2D eigenvalue weighted by Crippen LogP contribution is 2.41. The van der Waals surface area contributed by atoms with Crippen molar-refractivity contribution in [2.45, 2.75) is 6.17 Å². The largest absolute Gasteiger partial charge is 0.456 e. The number of nitrogens with one attached hydrogen (secondary N) is 1. The third kappa shape index (κ3) is 5.77. The number of aliphatic imine (C=N–C) groups is 2. The minimum absolute atomic E-state index is 0.523. The van der Waals surface area contributed by atoms with Crippen molar-refractivity contribution in [2.24, 2.45) is 9.98 Å². The van der Waals surface area contributed by atoms with Crippen LogP contribution in [-0.2, 0) is 0 Å². The van der Waals surface area contributed by atoms with Crippen molar-refractivity contribution in [3.05, 3.63) is 205 Å². The Morgan fingerprint density at radius 3 is 1.38 bits per heavy atom. The lowest BCUT2D eigenvalue weighted by atomic mass is 9.96. The van der Waals surface area contributed by atoms with Gasteiger partial charge >= 0.3 is 0 Å². The van der Waals surface area contributed by atoms with Gasteiger partial charge in [-0.05, 0) is 68.4 Å². The molecule has 1 aromatic heterocycles. The van der Waals surface area contributed by atoms with Crippen LogP contribution < -0.4 is 5.32 Å². The van der Waals surface area contributed by atoms with Crippen molar-refractivity contribution < 1.29 is 4.42 Å². The standard InChI is InChI=1S/C49H33N3O/c1-4-12-32(13-5-1)34-20-22-35(23-21-34)36-24-26-38(27-25-36)48-50-47(37-16-8-3-9-17-37)51-49(52-48)43-29-41(33-14-6-2-7-15-33)31-45-46(43)42-28-39-18-10-11-19-40(39)30-44(42)53-45/h1-31,49H,(H,50,51,52). The fourth-order valence-electron chi connectivity index (χ4n) is 7.41. The molecule has 1 aliphatic heterocycles. The number of furan rings is 1. The van der Waals surface area contributed by atoms with Crippen LogP contribution in [0.1, 0.15) is 22.9 Å². The Hall–Kier alpha value is -7.04. The first-order valence-electron chi connectivity index (χ1n) is 17.9. The summed E-state index contributed by atoms with van der Waals surface area (Å²) < 4.78 is 6.65. The maximum Gasteiger partial charge on any atom is 0.170 e. The topological polar surface area (TPSA) is 49.9 Å². The summed E-state index contributed by atoms with van der Waals surface area (Å²) in [6, 6.07) is 65.8. The molecule has 0 radical (unpaired) electrons. The van der Waals surface area contributed by atoms with Crippen LogP contribution in [0.2, 0.25) is 0 Å². The van der Waals surface area contributed by atoms with Crippen molar-refractivity contribution in [1.29, 1.82) is 0 Å². The van der Waals surface area contributed by atoms with Gasteiger partial charge in [0.2, 0.25) is 0 Å². The van der Waals surface area contributed by atoms with Gasteiger partial charge in [-0.15, -0.1) is 0 Å². The van der Waals surface area contributed by atoms with Crippen LogP contribution in [0.5, 0.6) is 0 Å². The summed E-state index contributed by atoms with van der Waals surface area (Å²) in [4.78, 5) is 10.7. The zero-order valence-electron chi connectivity index (χ0n) is 28.8. The lowest BCUT2D eigenvalue weighted by molar-refractivity contribution is 0.668. The summed E-state index contributed by atoms with van der Waals surface area (Å²) in [5, 5.41) is 8.00. The highest BCUT2D eigenvalue weighted by atomic mass is 16.3. The number of hydrogen-bond acceptors (Lipinski definition) is 4. The molecule has 0 saturated carbocycles. The first kappa shape index (κ1) is 30.8. The second-order valence-corrected chi connectivity index (χ2v) is 13.4. The zero-order chi connectivity index (χ0) is 35.1. The molecule has 0 aliphatic carbocycles. The third-order valence-electron chi connectivity index (χ3n) is 10.1. The van der Waals surface area contributed by atoms with Crippen LogP contribution in [0.3, 0.4) is 0 Å². The molecular weight excluding hydrogens is 647 g/mol. The maximum absolute atomic E-state index is 6.65. The van der Waals surface area contributed by atoms with Gasteiger partial charge in [-0.25, -0.2) is 9.98 Å². The monoisotopic (exact) mass is 679 g/mol. The molecule has 10 rings (SSSR count). The van der Waals surface area contributed by atoms with E-state index in [-0.39, 0.29) is 0 Å². The van der Waals surface area contributed by atoms with Crippen LogP contribution in [-0.4, -0.2) is 11.7 Å². The summed E-state index contributed by atoms with van der Waals surface area (Å²) in [7, 11) is 0. The number of rotatable bonds is 6. The van der Waals surface area contributed by atoms with Gasteiger partial charge in [0.1, 0.15) is 22.8 Å². The SMILES string of the molecule is c1ccc(C2=NC(c3cc(-c4ccccc4)cc4oc5cc6ccccc6cc5c34)N=C(c3ccc(-c4ccc(-c5ccccc5)cc4)cc3)N2)cc1. The average Bonchev–Trinajstić information content (AvgIpc) is 3.60. The molecule has 9 aromatic rings. The van der Waals surface area contributed by atoms with Crippen molar-refractivity contribution in [3.63, 3.8) is 0 Å². The molecule has 0 spiro atoms. The molecule has 2 heterocycles. The molecule has 1 N–H and O–H groups in total. The molecule has 0 fully saturated rings. The normalized spacial score (nSPS) is 14.2. The van der Waals surface area contributed by atoms with E-state index in [1.165, 1.54) is 22.1 Å². The lowest BCUT2D eigenvalue weighted by Gasteiger charge is -2.23. The lowest BCUT2D eigenvalue weighted by Crippen LogP contribution is -2.36. The second-order valence-electron chi connectivity index (χ2n) is 13.4. The smallest absolute Gasteiger partial charge is 0.170 e. The van der Waals surface area contributed by atoms with Gasteiger partial charge in [0.25, 0.3) is 0 Å². The Morgan fingerprint density at radius 2 is 0.811 bits per heavy atom. The number of hydrogen-bond donors (Lipinski definition) is 1. The predicted octanol–water partition coefficient (Wildman–Crippen LogP) is 12.2. The molecule has 1 unspecified atom stereocenters. The molecule has 0 bridgehead atoms. The van der Waals surface area contributed by atoms with Gasteiger partial charge in [-0.3, -0.25) is 0 Å². The van der Waals surface area contributed by atoms with Gasteiger partial charge in [0.15, 0.2) is 6.17 Å². The van der Waals surface area contributed by atoms with E-state index in [0.717, 1.165) is 72.4 Å². The summed E-state index contributed by atoms with van der Waals surface area (Å²) in [5.41, 5.74) is 11.6. The highest BCUT2D eigenvalue weighted by Gasteiger charge is 2.25. The van der Waals surface area contributed by atoms with Crippen LogP contribution in [0.15, 0.2) is 202 Å². The Kier molecular flexibility index (Phi) is 7.51. The van der Waals surface area contributed by atoms with Crippen LogP contribution in [0.25, 0.3) is 66.1 Å². The molecule has 1 atom stereocenters. The van der Waals surface area contributed by atoms with Gasteiger partial charge in [-0.1, -0.05) is 164 Å². The molecule has 0 amide bonds. The quantitative estimate of drug-likeness (QED) is 0.190. The van der Waals surface area contributed by atoms with E-state index in [1.54, 1.807) is 0 Å². The van der Waals surface area contributed by atoms with Crippen LogP contribution in [0, 0.1) is 0 Å². The molecule has 53 heavy (non-hydrogen) atoms. The van der Waals surface area contributed by atoms with E-state index in [0.29, 0.717) is 0 Å². The molecule has 8 aromatic carbocycles. The summed E-state index contributed by atoms with van der Waals surface area (Å²) in [6.45, 7) is 0. The molecule has 250 valence electrons. The van der Waals surface area contributed by atoms with Crippen molar-refractivity contribution in [3.8, 4) is 33.4 Å². The highest BCUT2D eigenvalue weighted by molar-refractivity contribution is 6.17. The van der Waals surface area contributed by atoms with Crippen LogP contribution >= 0.6 is 0 Å². The minimum atomic E-state index is -0.523. The van der Waals surface area contributed by atoms with Gasteiger partial charge in [-0.2, -0.15) is 0 Å². The molecule has 0 saturated heterocycles. The second kappa shape index (κ2) is 12.9. The maximum atomic E-state index is 6.65. The van der Waals surface area contributed by atoms with Crippen molar-refractivity contribution in [2.75, 3.05) is 0 Å². The summed E-state index contributed by atoms with van der Waals surface area (Å²) in [5.74, 6) is 1.55. The average molecular weight is 680 g/mol. The molecule has 4 nitrogen and oxygen atoms in total. The summed E-state index contributed by atoms with van der Waals surface area (Å²) in [6.07, 6.45) is -0.523. The number of fused-ring (bicyclic) bond motifs is 4. The summed E-state index contributed by atoms with van der Waals surface area (Å²) >= 11 is 0. The number of benzene rings is 8. The molecular formula is C49H33N3O. The van der Waals surface area contributed by atoms with Gasteiger partial charge in [0.05, 0.1) is 0 Å². The molecule has 4 heteroatoms. The van der Waals surface area contributed by atoms with E-state index in [1.807, 2.05) is 30.3 Å².